The minimum atomic E-state index is -0.380. The molecule has 6 nitrogen and oxygen atoms in total. The summed E-state index contributed by atoms with van der Waals surface area (Å²) in [5, 5.41) is 7.84. The van der Waals surface area contributed by atoms with E-state index in [2.05, 4.69) is 4.98 Å². The lowest BCUT2D eigenvalue weighted by Gasteiger charge is -2.05. The highest BCUT2D eigenvalue weighted by atomic mass is 16.5. The third-order valence-corrected chi connectivity index (χ3v) is 2.70. The zero-order valence-corrected chi connectivity index (χ0v) is 12.6. The van der Waals surface area contributed by atoms with Crippen molar-refractivity contribution in [2.45, 2.75) is 20.3 Å². The van der Waals surface area contributed by atoms with Crippen LogP contribution in [0.1, 0.15) is 30.8 Å². The van der Waals surface area contributed by atoms with Gasteiger partial charge in [-0.2, -0.15) is 0 Å². The van der Waals surface area contributed by atoms with Gasteiger partial charge in [-0.3, -0.25) is 0 Å². The Morgan fingerprint density at radius 1 is 1.29 bits per heavy atom. The van der Waals surface area contributed by atoms with Crippen molar-refractivity contribution in [3.05, 3.63) is 23.9 Å². The van der Waals surface area contributed by atoms with Gasteiger partial charge in [0.05, 0.1) is 24.4 Å². The molecular formula is C15H22N2O4. The number of carbonyl (C=O) groups excluding carboxylic acids is 1. The van der Waals surface area contributed by atoms with Gasteiger partial charge in [0.1, 0.15) is 11.4 Å². The van der Waals surface area contributed by atoms with Crippen LogP contribution in [0.5, 0.6) is 5.75 Å². The third-order valence-electron chi connectivity index (χ3n) is 2.70. The van der Waals surface area contributed by atoms with Gasteiger partial charge in [-0.15, -0.1) is 0 Å². The van der Waals surface area contributed by atoms with Gasteiger partial charge in [-0.05, 0) is 25.5 Å². The number of H-pyrrole nitrogens is 1. The van der Waals surface area contributed by atoms with Crippen LogP contribution in [0.25, 0.3) is 10.9 Å². The zero-order valence-electron chi connectivity index (χ0n) is 12.6. The van der Waals surface area contributed by atoms with Crippen molar-refractivity contribution >= 4 is 22.6 Å². The number of nitrogens with one attached hydrogen (secondary N) is 1. The molecular weight excluding hydrogens is 272 g/mol. The molecule has 21 heavy (non-hydrogen) atoms. The normalized spacial score (nSPS) is 9.90. The average molecular weight is 294 g/mol. The molecule has 4 N–H and O–H groups in total. The van der Waals surface area contributed by atoms with Gasteiger partial charge in [0.2, 0.25) is 0 Å². The van der Waals surface area contributed by atoms with Crippen LogP contribution in [0.3, 0.4) is 0 Å². The maximum absolute atomic E-state index is 11.7. The number of nitrogen functional groups attached to an aromatic ring is 1. The van der Waals surface area contributed by atoms with Crippen LogP contribution in [0.2, 0.25) is 0 Å². The molecule has 0 spiro atoms. The second kappa shape index (κ2) is 8.16. The number of nitrogens with two attached hydrogens (primary N) is 1. The number of ether oxygens (including phenoxy) is 2. The van der Waals surface area contributed by atoms with Crippen LogP contribution < -0.4 is 10.5 Å². The van der Waals surface area contributed by atoms with Crippen molar-refractivity contribution in [1.29, 1.82) is 0 Å². The first-order valence-electron chi connectivity index (χ1n) is 6.82. The molecule has 1 heterocycles. The summed E-state index contributed by atoms with van der Waals surface area (Å²) in [7, 11) is 1.00. The third kappa shape index (κ3) is 4.13. The fraction of sp³-hybridized carbons (Fsp3) is 0.400. The molecule has 0 aliphatic rings. The predicted molar refractivity (Wildman–Crippen MR) is 82.6 cm³/mol. The van der Waals surface area contributed by atoms with Crippen LogP contribution >= 0.6 is 0 Å². The number of aliphatic hydroxyl groups is 1. The van der Waals surface area contributed by atoms with Gasteiger partial charge in [0.25, 0.3) is 0 Å². The highest BCUT2D eigenvalue weighted by molar-refractivity contribution is 5.99. The molecule has 1 aromatic carbocycles. The van der Waals surface area contributed by atoms with Gasteiger partial charge in [0, 0.05) is 18.6 Å². The highest BCUT2D eigenvalue weighted by Crippen LogP contribution is 2.28. The van der Waals surface area contributed by atoms with Crippen LogP contribution in [-0.2, 0) is 4.74 Å². The number of carbonyl (C=O) groups is 1. The fourth-order valence-corrected chi connectivity index (χ4v) is 1.87. The number of rotatable bonds is 5. The van der Waals surface area contributed by atoms with E-state index in [0.29, 0.717) is 30.3 Å². The Morgan fingerprint density at radius 2 is 2.00 bits per heavy atom. The Morgan fingerprint density at radius 3 is 2.62 bits per heavy atom. The summed E-state index contributed by atoms with van der Waals surface area (Å²) in [6.45, 7) is 4.79. The lowest BCUT2D eigenvalue weighted by molar-refractivity contribution is 0.0520. The maximum atomic E-state index is 11.7. The number of benzene rings is 1. The molecule has 0 radical (unpaired) electrons. The quantitative estimate of drug-likeness (QED) is 0.581. The standard InChI is InChI=1S/C14H18N2O3.CH4O/c1-3-5-19-10-6-9-7-12(14(17)18-4-2)16-13(9)11(15)8-10;1-2/h6-8,16H,3-5,15H2,1-2H3;2H,1H3. The summed E-state index contributed by atoms with van der Waals surface area (Å²) >= 11 is 0. The second-order valence-electron chi connectivity index (χ2n) is 4.23. The zero-order chi connectivity index (χ0) is 15.8. The van der Waals surface area contributed by atoms with Crippen molar-refractivity contribution < 1.29 is 19.4 Å². The van der Waals surface area contributed by atoms with Crippen LogP contribution in [-0.4, -0.2) is 36.4 Å². The van der Waals surface area contributed by atoms with Gasteiger partial charge in [-0.1, -0.05) is 6.92 Å². The van der Waals surface area contributed by atoms with E-state index in [1.807, 2.05) is 13.0 Å². The Kier molecular flexibility index (Phi) is 6.55. The van der Waals surface area contributed by atoms with Gasteiger partial charge >= 0.3 is 5.97 Å². The summed E-state index contributed by atoms with van der Waals surface area (Å²) in [6.07, 6.45) is 0.930. The van der Waals surface area contributed by atoms with E-state index in [0.717, 1.165) is 24.4 Å². The first-order chi connectivity index (χ1) is 10.2. The fourth-order valence-electron chi connectivity index (χ4n) is 1.87. The number of hydrogen-bond donors (Lipinski definition) is 3. The maximum Gasteiger partial charge on any atom is 0.354 e. The molecule has 2 aromatic rings. The first kappa shape index (κ1) is 16.8. The SMILES string of the molecule is CCCOc1cc(N)c2[nH]c(C(=O)OCC)cc2c1.CO. The number of esters is 1. The summed E-state index contributed by atoms with van der Waals surface area (Å²) in [5.74, 6) is 0.329. The predicted octanol–water partition coefficient (Wildman–Crippen LogP) is 2.32. The molecule has 0 aliphatic carbocycles. The second-order valence-corrected chi connectivity index (χ2v) is 4.23. The molecule has 2 rings (SSSR count). The minimum Gasteiger partial charge on any atom is -0.494 e. The molecule has 0 unspecified atom stereocenters. The van der Waals surface area contributed by atoms with Crippen LogP contribution in [0.4, 0.5) is 5.69 Å². The largest absolute Gasteiger partial charge is 0.494 e. The Balaban J connectivity index is 0.00000106. The molecule has 0 saturated heterocycles. The number of aromatic nitrogens is 1. The molecule has 0 atom stereocenters. The minimum absolute atomic E-state index is 0.342. The lowest BCUT2D eigenvalue weighted by atomic mass is 10.2. The molecule has 0 saturated carbocycles. The molecule has 0 aliphatic heterocycles. The smallest absolute Gasteiger partial charge is 0.354 e. The lowest BCUT2D eigenvalue weighted by Crippen LogP contribution is -2.04. The van der Waals surface area contributed by atoms with E-state index < -0.39 is 0 Å². The van der Waals surface area contributed by atoms with Crippen LogP contribution in [0.15, 0.2) is 18.2 Å². The van der Waals surface area contributed by atoms with E-state index in [1.165, 1.54) is 0 Å². The van der Waals surface area contributed by atoms with Crippen molar-refractivity contribution in [1.82, 2.24) is 4.98 Å². The summed E-state index contributed by atoms with van der Waals surface area (Å²) < 4.78 is 10.5. The van der Waals surface area contributed by atoms with Crippen molar-refractivity contribution in [2.24, 2.45) is 0 Å². The topological polar surface area (TPSA) is 97.6 Å². The summed E-state index contributed by atoms with van der Waals surface area (Å²) in [4.78, 5) is 14.6. The van der Waals surface area contributed by atoms with E-state index in [-0.39, 0.29) is 5.97 Å². The van der Waals surface area contributed by atoms with Crippen molar-refractivity contribution in [2.75, 3.05) is 26.1 Å². The molecule has 6 heteroatoms. The number of hydrogen-bond acceptors (Lipinski definition) is 5. The molecule has 0 fully saturated rings. The summed E-state index contributed by atoms with van der Waals surface area (Å²) in [6, 6.07) is 5.34. The highest BCUT2D eigenvalue weighted by Gasteiger charge is 2.12. The number of aliphatic hydroxyl groups excluding tert-OH is 1. The number of fused-ring (bicyclic) bond motifs is 1. The molecule has 0 bridgehead atoms. The van der Waals surface area contributed by atoms with E-state index in [4.69, 9.17) is 20.3 Å². The first-order valence-corrected chi connectivity index (χ1v) is 6.82. The molecule has 0 amide bonds. The van der Waals surface area contributed by atoms with Gasteiger partial charge in [-0.25, -0.2) is 4.79 Å². The van der Waals surface area contributed by atoms with Gasteiger partial charge in [0.15, 0.2) is 0 Å². The Hall–Kier alpha value is -2.21. The Bertz CT molecular complexity index is 593. The van der Waals surface area contributed by atoms with Crippen molar-refractivity contribution in [3.8, 4) is 5.75 Å². The monoisotopic (exact) mass is 294 g/mol. The van der Waals surface area contributed by atoms with E-state index in [1.54, 1.807) is 19.1 Å². The van der Waals surface area contributed by atoms with E-state index >= 15 is 0 Å². The Labute approximate surface area is 123 Å². The van der Waals surface area contributed by atoms with Crippen molar-refractivity contribution in [3.63, 3.8) is 0 Å². The number of aromatic amines is 1. The molecule has 1 aromatic heterocycles. The van der Waals surface area contributed by atoms with Gasteiger partial charge < -0.3 is 25.3 Å². The molecule has 116 valence electrons. The van der Waals surface area contributed by atoms with Crippen LogP contribution in [0, 0.1) is 0 Å². The number of anilines is 1. The van der Waals surface area contributed by atoms with E-state index in [9.17, 15) is 4.79 Å². The summed E-state index contributed by atoms with van der Waals surface area (Å²) in [5.41, 5.74) is 7.64. The average Bonchev–Trinajstić information content (AvgIpc) is 2.92.